The van der Waals surface area contributed by atoms with E-state index in [1.807, 2.05) is 18.5 Å². The second-order valence-electron chi connectivity index (χ2n) is 2.30. The third-order valence-electron chi connectivity index (χ3n) is 1.56. The zero-order valence-corrected chi connectivity index (χ0v) is 8.43. The molecule has 1 aromatic rings. The number of hydrogen-bond acceptors (Lipinski definition) is 0. The minimum absolute atomic E-state index is 0.420. The SMILES string of the molecule is Cc1c(Cl)c(Cl)c(Cl)c[n+]1C. The van der Waals surface area contributed by atoms with Crippen molar-refractivity contribution in [3.63, 3.8) is 0 Å². The third kappa shape index (κ3) is 1.61. The fourth-order valence-electron chi connectivity index (χ4n) is 0.742. The summed E-state index contributed by atoms with van der Waals surface area (Å²) in [6, 6.07) is 0. The largest absolute Gasteiger partial charge is 0.203 e. The highest BCUT2D eigenvalue weighted by atomic mass is 35.5. The van der Waals surface area contributed by atoms with Crippen LogP contribution in [0.1, 0.15) is 5.69 Å². The second kappa shape index (κ2) is 3.18. The zero-order valence-electron chi connectivity index (χ0n) is 6.16. The zero-order chi connectivity index (χ0) is 8.59. The third-order valence-corrected chi connectivity index (χ3v) is 2.89. The lowest BCUT2D eigenvalue weighted by molar-refractivity contribution is -0.677. The number of rotatable bonds is 0. The lowest BCUT2D eigenvalue weighted by Gasteiger charge is -1.99. The minimum Gasteiger partial charge on any atom is -0.203 e. The molecule has 0 aliphatic carbocycles. The summed E-state index contributed by atoms with van der Waals surface area (Å²) >= 11 is 17.4. The van der Waals surface area contributed by atoms with Crippen molar-refractivity contribution in [2.75, 3.05) is 0 Å². The van der Waals surface area contributed by atoms with Gasteiger partial charge in [0.15, 0.2) is 11.9 Å². The summed E-state index contributed by atoms with van der Waals surface area (Å²) in [5, 5.41) is 1.41. The van der Waals surface area contributed by atoms with Crippen molar-refractivity contribution in [3.8, 4) is 0 Å². The number of aromatic nitrogens is 1. The molecule has 0 radical (unpaired) electrons. The first-order chi connectivity index (χ1) is 5.04. The predicted molar refractivity (Wildman–Crippen MR) is 47.4 cm³/mol. The van der Waals surface area contributed by atoms with Gasteiger partial charge in [-0.25, -0.2) is 4.57 Å². The molecule has 0 bridgehead atoms. The van der Waals surface area contributed by atoms with Crippen LogP contribution in [-0.2, 0) is 7.05 Å². The van der Waals surface area contributed by atoms with Crippen LogP contribution in [0.4, 0.5) is 0 Å². The Labute approximate surface area is 80.5 Å². The van der Waals surface area contributed by atoms with Gasteiger partial charge in [-0.15, -0.1) is 0 Å². The van der Waals surface area contributed by atoms with Crippen LogP contribution < -0.4 is 4.57 Å². The van der Waals surface area contributed by atoms with Crippen LogP contribution in [0.25, 0.3) is 0 Å². The quantitative estimate of drug-likeness (QED) is 0.581. The van der Waals surface area contributed by atoms with E-state index in [9.17, 15) is 0 Å². The summed E-state index contributed by atoms with van der Waals surface area (Å²) in [6.07, 6.45) is 1.73. The summed E-state index contributed by atoms with van der Waals surface area (Å²) in [6.45, 7) is 1.88. The smallest absolute Gasteiger partial charge is 0.198 e. The molecule has 60 valence electrons. The molecule has 0 saturated heterocycles. The molecular weight excluding hydrogens is 204 g/mol. The van der Waals surface area contributed by atoms with E-state index >= 15 is 0 Å². The number of aryl methyl sites for hydroxylation is 1. The van der Waals surface area contributed by atoms with Gasteiger partial charge in [0.2, 0.25) is 0 Å². The highest BCUT2D eigenvalue weighted by molar-refractivity contribution is 6.47. The Balaban J connectivity index is 3.46. The summed E-state index contributed by atoms with van der Waals surface area (Å²) in [5.74, 6) is 0. The maximum absolute atomic E-state index is 5.85. The van der Waals surface area contributed by atoms with Gasteiger partial charge in [0.25, 0.3) is 0 Å². The molecule has 0 N–H and O–H groups in total. The molecule has 4 heteroatoms. The van der Waals surface area contributed by atoms with E-state index in [-0.39, 0.29) is 0 Å². The first-order valence-electron chi connectivity index (χ1n) is 3.03. The lowest BCUT2D eigenvalue weighted by atomic mass is 10.3. The molecule has 0 fully saturated rings. The van der Waals surface area contributed by atoms with Crippen molar-refractivity contribution in [2.24, 2.45) is 7.05 Å². The maximum atomic E-state index is 5.85. The van der Waals surface area contributed by atoms with Crippen molar-refractivity contribution in [1.29, 1.82) is 0 Å². The van der Waals surface area contributed by atoms with Gasteiger partial charge >= 0.3 is 0 Å². The monoisotopic (exact) mass is 210 g/mol. The van der Waals surface area contributed by atoms with E-state index in [4.69, 9.17) is 34.8 Å². The lowest BCUT2D eigenvalue weighted by Crippen LogP contribution is -2.31. The molecule has 1 rings (SSSR count). The Hall–Kier alpha value is 0.0200. The van der Waals surface area contributed by atoms with Gasteiger partial charge < -0.3 is 0 Å². The second-order valence-corrected chi connectivity index (χ2v) is 3.46. The number of halogens is 3. The summed E-state index contributed by atoms with van der Waals surface area (Å²) in [5.41, 5.74) is 0.904. The molecule has 11 heavy (non-hydrogen) atoms. The van der Waals surface area contributed by atoms with E-state index in [0.717, 1.165) is 5.69 Å². The standard InChI is InChI=1S/C7H7Cl3N/c1-4-6(9)7(10)5(8)3-11(4)2/h3H,1-2H3/q+1. The molecule has 0 aliphatic heterocycles. The average Bonchev–Trinajstić information content (AvgIpc) is 1.97. The van der Waals surface area contributed by atoms with E-state index in [1.54, 1.807) is 6.20 Å². The van der Waals surface area contributed by atoms with Crippen molar-refractivity contribution < 1.29 is 4.57 Å². The molecule has 0 saturated carbocycles. The van der Waals surface area contributed by atoms with Crippen molar-refractivity contribution >= 4 is 34.8 Å². The molecule has 1 heterocycles. The maximum Gasteiger partial charge on any atom is 0.198 e. The van der Waals surface area contributed by atoms with Gasteiger partial charge in [0.05, 0.1) is 5.02 Å². The van der Waals surface area contributed by atoms with Crippen LogP contribution in [0.15, 0.2) is 6.20 Å². The van der Waals surface area contributed by atoms with E-state index < -0.39 is 0 Å². The van der Waals surface area contributed by atoms with Gasteiger partial charge in [-0.05, 0) is 0 Å². The van der Waals surface area contributed by atoms with Crippen LogP contribution in [0, 0.1) is 6.92 Å². The first kappa shape index (κ1) is 9.11. The molecule has 1 nitrogen and oxygen atoms in total. The van der Waals surface area contributed by atoms with Gasteiger partial charge in [0, 0.05) is 6.92 Å². The highest BCUT2D eigenvalue weighted by Gasteiger charge is 2.14. The van der Waals surface area contributed by atoms with E-state index in [1.165, 1.54) is 0 Å². The molecule has 1 aromatic heterocycles. The molecule has 0 aliphatic rings. The van der Waals surface area contributed by atoms with Gasteiger partial charge in [0.1, 0.15) is 17.1 Å². The predicted octanol–water partition coefficient (Wildman–Crippen LogP) is 2.78. The highest BCUT2D eigenvalue weighted by Crippen LogP contribution is 2.29. The van der Waals surface area contributed by atoms with Crippen LogP contribution in [0.3, 0.4) is 0 Å². The fraction of sp³-hybridized carbons (Fsp3) is 0.286. The van der Waals surface area contributed by atoms with Crippen molar-refractivity contribution in [3.05, 3.63) is 27.0 Å². The Kier molecular flexibility index (Phi) is 2.63. The van der Waals surface area contributed by atoms with Gasteiger partial charge in [-0.1, -0.05) is 34.8 Å². The Bertz CT molecular complexity index is 270. The van der Waals surface area contributed by atoms with Crippen LogP contribution in [-0.4, -0.2) is 0 Å². The van der Waals surface area contributed by atoms with Crippen molar-refractivity contribution in [2.45, 2.75) is 6.92 Å². The topological polar surface area (TPSA) is 3.88 Å². The molecular formula is C7H7Cl3N+. The molecule has 0 spiro atoms. The number of hydrogen-bond donors (Lipinski definition) is 0. The Morgan fingerprint density at radius 2 is 1.73 bits per heavy atom. The van der Waals surface area contributed by atoms with Crippen LogP contribution >= 0.6 is 34.8 Å². The summed E-state index contributed by atoms with van der Waals surface area (Å²) in [4.78, 5) is 0. The minimum atomic E-state index is 0.420. The normalized spacial score (nSPS) is 10.3. The van der Waals surface area contributed by atoms with Gasteiger partial charge in [-0.2, -0.15) is 0 Å². The fourth-order valence-corrected chi connectivity index (χ4v) is 1.45. The van der Waals surface area contributed by atoms with Crippen LogP contribution in [0.2, 0.25) is 15.1 Å². The Morgan fingerprint density at radius 1 is 1.18 bits per heavy atom. The molecule has 0 aromatic carbocycles. The molecule has 0 unspecified atom stereocenters. The van der Waals surface area contributed by atoms with E-state index in [0.29, 0.717) is 15.1 Å². The van der Waals surface area contributed by atoms with Crippen molar-refractivity contribution in [1.82, 2.24) is 0 Å². The average molecular weight is 211 g/mol. The van der Waals surface area contributed by atoms with E-state index in [2.05, 4.69) is 0 Å². The summed E-state index contributed by atoms with van der Waals surface area (Å²) in [7, 11) is 1.86. The summed E-state index contributed by atoms with van der Waals surface area (Å²) < 4.78 is 1.83. The molecule has 0 amide bonds. The first-order valence-corrected chi connectivity index (χ1v) is 4.17. The number of nitrogens with zero attached hydrogens (tertiary/aromatic N) is 1. The number of pyridine rings is 1. The van der Waals surface area contributed by atoms with Gasteiger partial charge in [-0.3, -0.25) is 0 Å². The van der Waals surface area contributed by atoms with Crippen LogP contribution in [0.5, 0.6) is 0 Å². The Morgan fingerprint density at radius 3 is 2.27 bits per heavy atom. The molecule has 0 atom stereocenters.